The molecule has 0 heterocycles. The Morgan fingerprint density at radius 1 is 1.33 bits per heavy atom. The lowest BCUT2D eigenvalue weighted by Gasteiger charge is -2.36. The molecule has 0 aromatic rings. The largest absolute Gasteiger partial charge is 0.319 e. The summed E-state index contributed by atoms with van der Waals surface area (Å²) in [5.41, 5.74) is 0.397. The van der Waals surface area contributed by atoms with Crippen molar-refractivity contribution in [3.05, 3.63) is 0 Å². The number of hydrogen-bond donors (Lipinski definition) is 1. The molecule has 1 rings (SSSR count). The van der Waals surface area contributed by atoms with Gasteiger partial charge in [-0.2, -0.15) is 0 Å². The summed E-state index contributed by atoms with van der Waals surface area (Å²) in [6, 6.07) is 0. The van der Waals surface area contributed by atoms with Crippen molar-refractivity contribution >= 4 is 0 Å². The van der Waals surface area contributed by atoms with Crippen LogP contribution in [-0.2, 0) is 0 Å². The normalized spacial score (nSPS) is 18.2. The van der Waals surface area contributed by atoms with Gasteiger partial charge in [0.1, 0.15) is 0 Å². The molecule has 90 valence electrons. The summed E-state index contributed by atoms with van der Waals surface area (Å²) in [5, 5.41) is 3.29. The van der Waals surface area contributed by atoms with Gasteiger partial charge in [-0.3, -0.25) is 0 Å². The summed E-state index contributed by atoms with van der Waals surface area (Å²) in [6.07, 6.45) is 4.38. The fourth-order valence-corrected chi connectivity index (χ4v) is 2.49. The van der Waals surface area contributed by atoms with E-state index in [0.717, 1.165) is 12.5 Å². The van der Waals surface area contributed by atoms with Gasteiger partial charge in [-0.1, -0.05) is 27.2 Å². The van der Waals surface area contributed by atoms with E-state index in [9.17, 15) is 0 Å². The van der Waals surface area contributed by atoms with E-state index < -0.39 is 0 Å². The Morgan fingerprint density at radius 2 is 2.00 bits per heavy atom. The number of nitrogens with zero attached hydrogens (tertiary/aromatic N) is 1. The van der Waals surface area contributed by atoms with Crippen LogP contribution >= 0.6 is 0 Å². The second-order valence-corrected chi connectivity index (χ2v) is 5.82. The predicted molar refractivity (Wildman–Crippen MR) is 67.2 cm³/mol. The first-order chi connectivity index (χ1) is 7.07. The van der Waals surface area contributed by atoms with Crippen LogP contribution in [0, 0.1) is 11.3 Å². The third kappa shape index (κ3) is 4.52. The van der Waals surface area contributed by atoms with Gasteiger partial charge >= 0.3 is 0 Å². The zero-order valence-corrected chi connectivity index (χ0v) is 11.0. The Bertz CT molecular complexity index is 173. The highest BCUT2D eigenvalue weighted by atomic mass is 15.1. The highest BCUT2D eigenvalue weighted by Crippen LogP contribution is 2.28. The minimum Gasteiger partial charge on any atom is -0.319 e. The topological polar surface area (TPSA) is 15.3 Å². The van der Waals surface area contributed by atoms with Gasteiger partial charge in [0.15, 0.2) is 0 Å². The molecule has 1 fully saturated rings. The average Bonchev–Trinajstić information content (AvgIpc) is 2.08. The van der Waals surface area contributed by atoms with Crippen molar-refractivity contribution in [2.24, 2.45) is 11.3 Å². The van der Waals surface area contributed by atoms with E-state index in [1.807, 2.05) is 7.05 Å². The van der Waals surface area contributed by atoms with E-state index in [1.54, 1.807) is 0 Å². The molecule has 0 unspecified atom stereocenters. The maximum atomic E-state index is 3.29. The fraction of sp³-hybridized carbons (Fsp3) is 1.00. The monoisotopic (exact) mass is 212 g/mol. The number of rotatable bonds is 7. The summed E-state index contributed by atoms with van der Waals surface area (Å²) in [5.74, 6) is 0.996. The molecule has 15 heavy (non-hydrogen) atoms. The highest BCUT2D eigenvalue weighted by molar-refractivity contribution is 4.79. The van der Waals surface area contributed by atoms with Gasteiger partial charge in [-0.05, 0) is 37.8 Å². The molecule has 2 nitrogen and oxygen atoms in total. The molecule has 0 aromatic carbocycles. The first kappa shape index (κ1) is 13.0. The molecule has 0 bridgehead atoms. The SMILES string of the molecule is CCN(CC1CCC1)CC(C)(C)CNC. The second-order valence-electron chi connectivity index (χ2n) is 5.82. The summed E-state index contributed by atoms with van der Waals surface area (Å²) in [7, 11) is 2.05. The third-order valence-corrected chi connectivity index (χ3v) is 3.50. The molecule has 1 N–H and O–H groups in total. The van der Waals surface area contributed by atoms with Gasteiger partial charge in [-0.15, -0.1) is 0 Å². The maximum Gasteiger partial charge on any atom is 0.00448 e. The zero-order valence-electron chi connectivity index (χ0n) is 11.0. The fourth-order valence-electron chi connectivity index (χ4n) is 2.49. The van der Waals surface area contributed by atoms with Crippen LogP contribution in [0.5, 0.6) is 0 Å². The average molecular weight is 212 g/mol. The highest BCUT2D eigenvalue weighted by Gasteiger charge is 2.24. The van der Waals surface area contributed by atoms with E-state index >= 15 is 0 Å². The van der Waals surface area contributed by atoms with Crippen molar-refractivity contribution in [1.29, 1.82) is 0 Å². The van der Waals surface area contributed by atoms with E-state index in [4.69, 9.17) is 0 Å². The molecular weight excluding hydrogens is 184 g/mol. The molecule has 0 saturated heterocycles. The van der Waals surface area contributed by atoms with Gasteiger partial charge in [-0.25, -0.2) is 0 Å². The first-order valence-corrected chi connectivity index (χ1v) is 6.44. The Labute approximate surface area is 95.4 Å². The lowest BCUT2D eigenvalue weighted by Crippen LogP contribution is -2.42. The zero-order chi connectivity index (χ0) is 11.3. The molecule has 0 atom stereocenters. The van der Waals surface area contributed by atoms with Crippen molar-refractivity contribution in [2.75, 3.05) is 33.2 Å². The van der Waals surface area contributed by atoms with Crippen molar-refractivity contribution in [1.82, 2.24) is 10.2 Å². The van der Waals surface area contributed by atoms with E-state index in [2.05, 4.69) is 31.0 Å². The van der Waals surface area contributed by atoms with Crippen molar-refractivity contribution in [3.63, 3.8) is 0 Å². The Kier molecular flexibility index (Phi) is 5.07. The van der Waals surface area contributed by atoms with Gasteiger partial charge < -0.3 is 10.2 Å². The van der Waals surface area contributed by atoms with Crippen molar-refractivity contribution in [2.45, 2.75) is 40.0 Å². The minimum atomic E-state index is 0.397. The molecular formula is C13H28N2. The van der Waals surface area contributed by atoms with Crippen LogP contribution in [0.4, 0.5) is 0 Å². The number of nitrogens with one attached hydrogen (secondary N) is 1. The van der Waals surface area contributed by atoms with Crippen molar-refractivity contribution < 1.29 is 0 Å². The quantitative estimate of drug-likeness (QED) is 0.697. The van der Waals surface area contributed by atoms with Crippen LogP contribution in [0.2, 0.25) is 0 Å². The Balaban J connectivity index is 2.30. The summed E-state index contributed by atoms with van der Waals surface area (Å²) >= 11 is 0. The van der Waals surface area contributed by atoms with Crippen LogP contribution in [0.25, 0.3) is 0 Å². The van der Waals surface area contributed by atoms with E-state index in [1.165, 1.54) is 38.9 Å². The summed E-state index contributed by atoms with van der Waals surface area (Å²) in [4.78, 5) is 2.63. The van der Waals surface area contributed by atoms with E-state index in [0.29, 0.717) is 5.41 Å². The summed E-state index contributed by atoms with van der Waals surface area (Å²) in [6.45, 7) is 11.8. The molecule has 0 aliphatic heterocycles. The van der Waals surface area contributed by atoms with Crippen LogP contribution < -0.4 is 5.32 Å². The molecule has 0 radical (unpaired) electrons. The van der Waals surface area contributed by atoms with Crippen LogP contribution in [0.1, 0.15) is 40.0 Å². The van der Waals surface area contributed by atoms with Gasteiger partial charge in [0.05, 0.1) is 0 Å². The molecule has 0 aromatic heterocycles. The Hall–Kier alpha value is -0.0800. The minimum absolute atomic E-state index is 0.397. The Morgan fingerprint density at radius 3 is 2.40 bits per heavy atom. The second kappa shape index (κ2) is 5.86. The van der Waals surface area contributed by atoms with Gasteiger partial charge in [0.25, 0.3) is 0 Å². The molecule has 0 spiro atoms. The molecule has 1 saturated carbocycles. The summed E-state index contributed by atoms with van der Waals surface area (Å²) < 4.78 is 0. The van der Waals surface area contributed by atoms with Crippen molar-refractivity contribution in [3.8, 4) is 0 Å². The van der Waals surface area contributed by atoms with E-state index in [-0.39, 0.29) is 0 Å². The van der Waals surface area contributed by atoms with Crippen LogP contribution in [-0.4, -0.2) is 38.1 Å². The molecule has 1 aliphatic carbocycles. The van der Waals surface area contributed by atoms with Crippen LogP contribution in [0.15, 0.2) is 0 Å². The lowest BCUT2D eigenvalue weighted by molar-refractivity contribution is 0.133. The molecule has 2 heteroatoms. The smallest absolute Gasteiger partial charge is 0.00448 e. The lowest BCUT2D eigenvalue weighted by atomic mass is 9.84. The standard InChI is InChI=1S/C13H28N2/c1-5-15(9-12-7-6-8-12)11-13(2,3)10-14-4/h12,14H,5-11H2,1-4H3. The van der Waals surface area contributed by atoms with Crippen LogP contribution in [0.3, 0.4) is 0 Å². The van der Waals surface area contributed by atoms with Gasteiger partial charge in [0, 0.05) is 19.6 Å². The maximum absolute atomic E-state index is 3.29. The first-order valence-electron chi connectivity index (χ1n) is 6.44. The predicted octanol–water partition coefficient (Wildman–Crippen LogP) is 2.35. The third-order valence-electron chi connectivity index (χ3n) is 3.50. The molecule has 0 amide bonds. The number of hydrogen-bond acceptors (Lipinski definition) is 2. The molecule has 1 aliphatic rings. The van der Waals surface area contributed by atoms with Gasteiger partial charge in [0.2, 0.25) is 0 Å².